The van der Waals surface area contributed by atoms with E-state index in [1.165, 1.54) is 47.5 Å². The number of aryl methyl sites for hydroxylation is 3. The molecule has 2 heterocycles. The van der Waals surface area contributed by atoms with Crippen molar-refractivity contribution in [2.24, 2.45) is 0 Å². The molecule has 0 bridgehead atoms. The quantitative estimate of drug-likeness (QED) is 0.406. The lowest BCUT2D eigenvalue weighted by Gasteiger charge is -2.18. The molecule has 0 saturated heterocycles. The summed E-state index contributed by atoms with van der Waals surface area (Å²) in [6, 6.07) is 13.6. The summed E-state index contributed by atoms with van der Waals surface area (Å²) in [5.41, 5.74) is 6.71. The molecule has 0 atom stereocenters. The standard InChI is InChI=1S/C25H29N2S2/c1-6-19(15-24-26(7-2)20-13-17(4)9-11-22(20)28-24)16-25-27(8-3)21-14-18(5)10-12-23(21)29-25/h9-16H,6-8H2,1-5H3/q+1. The Morgan fingerprint density at radius 2 is 1.79 bits per heavy atom. The van der Waals surface area contributed by atoms with Crippen LogP contribution >= 0.6 is 23.1 Å². The fraction of sp³-hybridized carbons (Fsp3) is 0.320. The van der Waals surface area contributed by atoms with Crippen LogP contribution in [0.2, 0.25) is 0 Å². The summed E-state index contributed by atoms with van der Waals surface area (Å²) in [5.74, 6) is 0. The van der Waals surface area contributed by atoms with Gasteiger partial charge in [-0.05, 0) is 75.1 Å². The van der Waals surface area contributed by atoms with Crippen LogP contribution in [0, 0.1) is 13.8 Å². The highest BCUT2D eigenvalue weighted by molar-refractivity contribution is 8.03. The van der Waals surface area contributed by atoms with Crippen LogP contribution in [-0.2, 0) is 6.54 Å². The summed E-state index contributed by atoms with van der Waals surface area (Å²) >= 11 is 3.78. The number of hydrogen-bond acceptors (Lipinski definition) is 3. The normalized spacial score (nSPS) is 15.6. The van der Waals surface area contributed by atoms with Crippen molar-refractivity contribution in [3.63, 3.8) is 0 Å². The zero-order valence-corrected chi connectivity index (χ0v) is 19.6. The monoisotopic (exact) mass is 421 g/mol. The van der Waals surface area contributed by atoms with Crippen LogP contribution in [0.3, 0.4) is 0 Å². The molecule has 0 saturated carbocycles. The van der Waals surface area contributed by atoms with Crippen LogP contribution in [0.4, 0.5) is 5.69 Å². The lowest BCUT2D eigenvalue weighted by atomic mass is 10.1. The molecule has 2 aromatic carbocycles. The number of thiazole rings is 1. The molecule has 4 rings (SSSR count). The lowest BCUT2D eigenvalue weighted by Crippen LogP contribution is -2.33. The van der Waals surface area contributed by atoms with Gasteiger partial charge in [0.05, 0.1) is 10.7 Å². The molecular weight excluding hydrogens is 392 g/mol. The van der Waals surface area contributed by atoms with E-state index in [0.29, 0.717) is 0 Å². The highest BCUT2D eigenvalue weighted by Gasteiger charge is 2.24. The molecule has 0 N–H and O–H groups in total. The van der Waals surface area contributed by atoms with E-state index in [0.717, 1.165) is 19.5 Å². The average Bonchev–Trinajstić information content (AvgIpc) is 3.23. The topological polar surface area (TPSA) is 7.12 Å². The van der Waals surface area contributed by atoms with Gasteiger partial charge in [-0.2, -0.15) is 4.57 Å². The molecule has 0 unspecified atom stereocenters. The fourth-order valence-electron chi connectivity index (χ4n) is 3.85. The minimum atomic E-state index is 0.989. The van der Waals surface area contributed by atoms with Crippen molar-refractivity contribution in [1.29, 1.82) is 0 Å². The molecule has 4 heteroatoms. The predicted octanol–water partition coefficient (Wildman–Crippen LogP) is 7.09. The molecule has 1 aromatic heterocycles. The summed E-state index contributed by atoms with van der Waals surface area (Å²) in [4.78, 5) is 3.80. The minimum Gasteiger partial charge on any atom is -0.335 e. The maximum atomic E-state index is 2.44. The molecule has 0 amide bonds. The Morgan fingerprint density at radius 3 is 2.52 bits per heavy atom. The minimum absolute atomic E-state index is 0.989. The van der Waals surface area contributed by atoms with Crippen molar-refractivity contribution in [2.75, 3.05) is 11.4 Å². The van der Waals surface area contributed by atoms with Gasteiger partial charge in [0.2, 0.25) is 5.52 Å². The van der Waals surface area contributed by atoms with Gasteiger partial charge >= 0.3 is 0 Å². The number of thioether (sulfide) groups is 1. The number of benzene rings is 2. The van der Waals surface area contributed by atoms with E-state index in [2.05, 4.69) is 92.6 Å². The smallest absolute Gasteiger partial charge is 0.263 e. The van der Waals surface area contributed by atoms with E-state index in [1.54, 1.807) is 0 Å². The fourth-order valence-corrected chi connectivity index (χ4v) is 6.22. The first-order valence-corrected chi connectivity index (χ1v) is 12.1. The molecule has 2 nitrogen and oxygen atoms in total. The molecule has 150 valence electrons. The number of allylic oxidation sites excluding steroid dienone is 2. The van der Waals surface area contributed by atoms with Gasteiger partial charge < -0.3 is 4.90 Å². The third kappa shape index (κ3) is 3.88. The summed E-state index contributed by atoms with van der Waals surface area (Å²) in [6.45, 7) is 13.0. The molecule has 1 aliphatic heterocycles. The number of hydrogen-bond donors (Lipinski definition) is 0. The number of anilines is 1. The Kier molecular flexibility index (Phi) is 5.84. The van der Waals surface area contributed by atoms with Crippen molar-refractivity contribution < 1.29 is 4.57 Å². The van der Waals surface area contributed by atoms with Gasteiger partial charge in [0, 0.05) is 23.6 Å². The largest absolute Gasteiger partial charge is 0.335 e. The maximum absolute atomic E-state index is 2.44. The molecule has 0 spiro atoms. The molecule has 0 aliphatic carbocycles. The van der Waals surface area contributed by atoms with Crippen molar-refractivity contribution in [1.82, 2.24) is 0 Å². The van der Waals surface area contributed by atoms with E-state index in [4.69, 9.17) is 0 Å². The van der Waals surface area contributed by atoms with E-state index >= 15 is 0 Å². The van der Waals surface area contributed by atoms with Gasteiger partial charge in [-0.1, -0.05) is 42.2 Å². The summed E-state index contributed by atoms with van der Waals surface area (Å²) < 4.78 is 3.80. The second-order valence-corrected chi connectivity index (χ2v) is 9.65. The van der Waals surface area contributed by atoms with Gasteiger partial charge in [-0.3, -0.25) is 0 Å². The van der Waals surface area contributed by atoms with Gasteiger partial charge in [0.1, 0.15) is 11.2 Å². The number of rotatable bonds is 5. The van der Waals surface area contributed by atoms with Crippen LogP contribution in [0.5, 0.6) is 0 Å². The van der Waals surface area contributed by atoms with Crippen molar-refractivity contribution in [2.45, 2.75) is 52.5 Å². The SMILES string of the molecule is CCC(=C\c1sc2ccc(C)cc2[n+]1CC)/C=C1/Sc2ccc(C)cc2N1CC. The number of nitrogens with zero attached hydrogens (tertiary/aromatic N) is 2. The zero-order valence-electron chi connectivity index (χ0n) is 18.0. The van der Waals surface area contributed by atoms with Crippen molar-refractivity contribution in [3.05, 3.63) is 69.2 Å². The third-order valence-electron chi connectivity index (χ3n) is 5.43. The zero-order chi connectivity index (χ0) is 20.5. The van der Waals surface area contributed by atoms with Gasteiger partial charge in [-0.15, -0.1) is 0 Å². The van der Waals surface area contributed by atoms with E-state index in [9.17, 15) is 0 Å². The molecule has 0 fully saturated rings. The third-order valence-corrected chi connectivity index (χ3v) is 7.66. The first-order chi connectivity index (χ1) is 14.0. The Labute approximate surface area is 182 Å². The maximum Gasteiger partial charge on any atom is 0.263 e. The summed E-state index contributed by atoms with van der Waals surface area (Å²) in [5, 5.41) is 2.67. The highest BCUT2D eigenvalue weighted by Crippen LogP contribution is 2.46. The molecule has 3 aromatic rings. The first kappa shape index (κ1) is 20.2. The molecule has 1 aliphatic rings. The number of fused-ring (bicyclic) bond motifs is 2. The van der Waals surface area contributed by atoms with Crippen LogP contribution in [-0.4, -0.2) is 6.54 Å². The first-order valence-electron chi connectivity index (χ1n) is 10.4. The van der Waals surface area contributed by atoms with Crippen LogP contribution in [0.1, 0.15) is 43.3 Å². The van der Waals surface area contributed by atoms with E-state index in [-0.39, 0.29) is 0 Å². The van der Waals surface area contributed by atoms with Crippen LogP contribution in [0.25, 0.3) is 16.3 Å². The van der Waals surface area contributed by atoms with Gasteiger partial charge in [-0.25, -0.2) is 0 Å². The van der Waals surface area contributed by atoms with Crippen molar-refractivity contribution in [3.8, 4) is 0 Å². The van der Waals surface area contributed by atoms with E-state index in [1.807, 2.05) is 23.1 Å². The summed E-state index contributed by atoms with van der Waals surface area (Å²) in [7, 11) is 0. The van der Waals surface area contributed by atoms with Crippen LogP contribution in [0.15, 0.2) is 58.0 Å². The van der Waals surface area contributed by atoms with Gasteiger partial charge in [0.15, 0.2) is 0 Å². The predicted molar refractivity (Wildman–Crippen MR) is 129 cm³/mol. The Hall–Kier alpha value is -2.04. The summed E-state index contributed by atoms with van der Waals surface area (Å²) in [6.07, 6.45) is 5.80. The van der Waals surface area contributed by atoms with Crippen molar-refractivity contribution >= 4 is 45.1 Å². The highest BCUT2D eigenvalue weighted by atomic mass is 32.2. The van der Waals surface area contributed by atoms with Gasteiger partial charge in [0.25, 0.3) is 5.01 Å². The number of aromatic nitrogens is 1. The average molecular weight is 422 g/mol. The molecular formula is C25H29N2S2+. The molecule has 29 heavy (non-hydrogen) atoms. The Bertz CT molecular complexity index is 1120. The second-order valence-electron chi connectivity index (χ2n) is 7.53. The van der Waals surface area contributed by atoms with E-state index < -0.39 is 0 Å². The molecule has 0 radical (unpaired) electrons. The Balaban J connectivity index is 1.75. The lowest BCUT2D eigenvalue weighted by molar-refractivity contribution is -0.665. The van der Waals surface area contributed by atoms with Crippen LogP contribution < -0.4 is 9.47 Å². The second kappa shape index (κ2) is 8.37. The Morgan fingerprint density at radius 1 is 1.03 bits per heavy atom.